The van der Waals surface area contributed by atoms with Gasteiger partial charge in [-0.3, -0.25) is 0 Å². The van der Waals surface area contributed by atoms with Gasteiger partial charge in [0.1, 0.15) is 0 Å². The zero-order valence-corrected chi connectivity index (χ0v) is 9.76. The van der Waals surface area contributed by atoms with Gasteiger partial charge in [-0.05, 0) is 17.2 Å². The molecule has 1 aliphatic rings. The third-order valence-electron chi connectivity index (χ3n) is 3.24. The summed E-state index contributed by atoms with van der Waals surface area (Å²) in [6, 6.07) is 19.1. The number of benzene rings is 2. The van der Waals surface area contributed by atoms with Crippen molar-refractivity contribution in [2.75, 3.05) is 4.90 Å². The van der Waals surface area contributed by atoms with Gasteiger partial charge in [-0.25, -0.2) is 0 Å². The molecule has 0 bridgehead atoms. The molecule has 0 saturated heterocycles. The van der Waals surface area contributed by atoms with E-state index in [1.54, 1.807) is 0 Å². The summed E-state index contributed by atoms with van der Waals surface area (Å²) in [6.07, 6.45) is 0.975. The fourth-order valence-electron chi connectivity index (χ4n) is 2.37. The summed E-state index contributed by atoms with van der Waals surface area (Å²) >= 11 is 0. The van der Waals surface area contributed by atoms with E-state index in [0.29, 0.717) is 0 Å². The van der Waals surface area contributed by atoms with Crippen molar-refractivity contribution >= 4 is 5.69 Å². The SMILES string of the molecule is C=C1Cc2ccccc2N1Cc1ccccc1. The smallest absolute Gasteiger partial charge is 0.0478 e. The van der Waals surface area contributed by atoms with Crippen molar-refractivity contribution in [1.82, 2.24) is 0 Å². The van der Waals surface area contributed by atoms with Crippen LogP contribution in [0.15, 0.2) is 66.9 Å². The van der Waals surface area contributed by atoms with Crippen molar-refractivity contribution in [3.8, 4) is 0 Å². The van der Waals surface area contributed by atoms with Gasteiger partial charge in [0.25, 0.3) is 0 Å². The number of para-hydroxylation sites is 1. The fourth-order valence-corrected chi connectivity index (χ4v) is 2.37. The second-order valence-corrected chi connectivity index (χ2v) is 4.44. The molecule has 3 rings (SSSR count). The molecule has 17 heavy (non-hydrogen) atoms. The Bertz CT molecular complexity index is 542. The number of anilines is 1. The van der Waals surface area contributed by atoms with E-state index in [-0.39, 0.29) is 0 Å². The molecule has 1 heteroatoms. The highest BCUT2D eigenvalue weighted by molar-refractivity contribution is 5.64. The zero-order valence-electron chi connectivity index (χ0n) is 9.76. The first-order valence-electron chi connectivity index (χ1n) is 5.92. The first-order chi connectivity index (χ1) is 8.34. The minimum atomic E-state index is 0.913. The maximum absolute atomic E-state index is 4.17. The predicted octanol–water partition coefficient (Wildman–Crippen LogP) is 3.76. The van der Waals surface area contributed by atoms with Crippen molar-refractivity contribution in [2.24, 2.45) is 0 Å². The Kier molecular flexibility index (Phi) is 2.45. The molecular formula is C16H15N. The summed E-state index contributed by atoms with van der Waals surface area (Å²) in [5.41, 5.74) is 5.20. The summed E-state index contributed by atoms with van der Waals surface area (Å²) in [6.45, 7) is 5.09. The Balaban J connectivity index is 1.92. The van der Waals surface area contributed by atoms with Crippen molar-refractivity contribution in [1.29, 1.82) is 0 Å². The van der Waals surface area contributed by atoms with Crippen LogP contribution in [0.2, 0.25) is 0 Å². The van der Waals surface area contributed by atoms with Crippen LogP contribution in [0.1, 0.15) is 11.1 Å². The Morgan fingerprint density at radius 3 is 2.47 bits per heavy atom. The first kappa shape index (κ1) is 10.2. The third-order valence-corrected chi connectivity index (χ3v) is 3.24. The molecule has 0 saturated carbocycles. The molecule has 1 heterocycles. The lowest BCUT2D eigenvalue weighted by molar-refractivity contribution is 0.930. The van der Waals surface area contributed by atoms with Crippen LogP contribution < -0.4 is 4.90 Å². The van der Waals surface area contributed by atoms with E-state index < -0.39 is 0 Å². The van der Waals surface area contributed by atoms with E-state index in [1.165, 1.54) is 22.5 Å². The van der Waals surface area contributed by atoms with Gasteiger partial charge in [-0.15, -0.1) is 0 Å². The highest BCUT2D eigenvalue weighted by Crippen LogP contribution is 2.34. The van der Waals surface area contributed by atoms with Crippen LogP contribution in [0, 0.1) is 0 Å². The Labute approximate surface area is 102 Å². The summed E-state index contributed by atoms with van der Waals surface area (Å²) in [7, 11) is 0. The molecule has 0 N–H and O–H groups in total. The molecule has 1 nitrogen and oxygen atoms in total. The lowest BCUT2D eigenvalue weighted by Crippen LogP contribution is -2.17. The van der Waals surface area contributed by atoms with Gasteiger partial charge in [-0.1, -0.05) is 55.1 Å². The largest absolute Gasteiger partial charge is 0.341 e. The quantitative estimate of drug-likeness (QED) is 0.746. The van der Waals surface area contributed by atoms with Gasteiger partial charge >= 0.3 is 0 Å². The molecule has 2 aromatic rings. The molecule has 0 aliphatic carbocycles. The molecule has 0 atom stereocenters. The Morgan fingerprint density at radius 1 is 0.941 bits per heavy atom. The fraction of sp³-hybridized carbons (Fsp3) is 0.125. The Hall–Kier alpha value is -2.02. The minimum Gasteiger partial charge on any atom is -0.341 e. The first-order valence-corrected chi connectivity index (χ1v) is 5.92. The summed E-state index contributed by atoms with van der Waals surface area (Å²) in [4.78, 5) is 2.31. The number of hydrogen-bond acceptors (Lipinski definition) is 1. The van der Waals surface area contributed by atoms with E-state index in [0.717, 1.165) is 13.0 Å². The van der Waals surface area contributed by atoms with Crippen LogP contribution in [-0.2, 0) is 13.0 Å². The van der Waals surface area contributed by atoms with Crippen LogP contribution in [-0.4, -0.2) is 0 Å². The van der Waals surface area contributed by atoms with E-state index in [4.69, 9.17) is 0 Å². The van der Waals surface area contributed by atoms with E-state index in [1.807, 2.05) is 0 Å². The predicted molar refractivity (Wildman–Crippen MR) is 71.9 cm³/mol. The number of hydrogen-bond donors (Lipinski definition) is 0. The average Bonchev–Trinajstić information content (AvgIpc) is 2.68. The number of nitrogens with zero attached hydrogens (tertiary/aromatic N) is 1. The molecule has 2 aromatic carbocycles. The van der Waals surface area contributed by atoms with Crippen LogP contribution in [0.25, 0.3) is 0 Å². The zero-order chi connectivity index (χ0) is 11.7. The van der Waals surface area contributed by atoms with Crippen molar-refractivity contribution in [2.45, 2.75) is 13.0 Å². The van der Waals surface area contributed by atoms with Crippen LogP contribution in [0.3, 0.4) is 0 Å². The molecule has 0 fully saturated rings. The average molecular weight is 221 g/mol. The van der Waals surface area contributed by atoms with Crippen molar-refractivity contribution < 1.29 is 0 Å². The highest BCUT2D eigenvalue weighted by atomic mass is 15.2. The van der Waals surface area contributed by atoms with Gasteiger partial charge in [0.05, 0.1) is 0 Å². The molecule has 0 amide bonds. The maximum atomic E-state index is 4.17. The monoisotopic (exact) mass is 221 g/mol. The second-order valence-electron chi connectivity index (χ2n) is 4.44. The molecule has 84 valence electrons. The highest BCUT2D eigenvalue weighted by Gasteiger charge is 2.21. The van der Waals surface area contributed by atoms with Gasteiger partial charge in [0, 0.05) is 24.4 Å². The van der Waals surface area contributed by atoms with Crippen LogP contribution >= 0.6 is 0 Å². The lowest BCUT2D eigenvalue weighted by atomic mass is 10.1. The second kappa shape index (κ2) is 4.10. The number of rotatable bonds is 2. The van der Waals surface area contributed by atoms with E-state index >= 15 is 0 Å². The normalized spacial score (nSPS) is 13.9. The van der Waals surface area contributed by atoms with E-state index in [9.17, 15) is 0 Å². The molecule has 0 unspecified atom stereocenters. The summed E-state index contributed by atoms with van der Waals surface area (Å²) in [5.74, 6) is 0. The van der Waals surface area contributed by atoms with Crippen molar-refractivity contribution in [3.63, 3.8) is 0 Å². The van der Waals surface area contributed by atoms with Gasteiger partial charge in [0.15, 0.2) is 0 Å². The van der Waals surface area contributed by atoms with Crippen molar-refractivity contribution in [3.05, 3.63) is 78.0 Å². The van der Waals surface area contributed by atoms with Gasteiger partial charge < -0.3 is 4.90 Å². The molecular weight excluding hydrogens is 206 g/mol. The Morgan fingerprint density at radius 2 is 1.65 bits per heavy atom. The van der Waals surface area contributed by atoms with E-state index in [2.05, 4.69) is 66.1 Å². The topological polar surface area (TPSA) is 3.24 Å². The van der Waals surface area contributed by atoms with Crippen LogP contribution in [0.5, 0.6) is 0 Å². The minimum absolute atomic E-state index is 0.913. The summed E-state index contributed by atoms with van der Waals surface area (Å²) < 4.78 is 0. The maximum Gasteiger partial charge on any atom is 0.0478 e. The number of allylic oxidation sites excluding steroid dienone is 1. The van der Waals surface area contributed by atoms with Gasteiger partial charge in [0.2, 0.25) is 0 Å². The molecule has 0 radical (unpaired) electrons. The summed E-state index contributed by atoms with van der Waals surface area (Å²) in [5, 5.41) is 0. The van der Waals surface area contributed by atoms with Gasteiger partial charge in [-0.2, -0.15) is 0 Å². The third kappa shape index (κ3) is 1.84. The molecule has 0 spiro atoms. The lowest BCUT2D eigenvalue weighted by Gasteiger charge is -2.20. The molecule has 1 aliphatic heterocycles. The van der Waals surface area contributed by atoms with Crippen LogP contribution in [0.4, 0.5) is 5.69 Å². The standard InChI is InChI=1S/C16H15N/c1-13-11-15-9-5-6-10-16(15)17(13)12-14-7-3-2-4-8-14/h2-10H,1,11-12H2. The molecule has 0 aromatic heterocycles. The number of fused-ring (bicyclic) bond motifs is 1.